The summed E-state index contributed by atoms with van der Waals surface area (Å²) in [6.07, 6.45) is 2.18. The van der Waals surface area contributed by atoms with E-state index in [-0.39, 0.29) is 6.10 Å². The molecule has 1 N–H and O–H groups in total. The highest BCUT2D eigenvalue weighted by atomic mass is 32.2. The highest BCUT2D eigenvalue weighted by Crippen LogP contribution is 2.06. The Morgan fingerprint density at radius 3 is 2.82 bits per heavy atom. The lowest BCUT2D eigenvalue weighted by Gasteiger charge is -2.07. The molecule has 68 valence electrons. The van der Waals surface area contributed by atoms with E-state index in [9.17, 15) is 5.11 Å². The van der Waals surface area contributed by atoms with Crippen molar-refractivity contribution in [3.05, 3.63) is 0 Å². The van der Waals surface area contributed by atoms with Crippen molar-refractivity contribution < 1.29 is 9.84 Å². The van der Waals surface area contributed by atoms with Crippen molar-refractivity contribution in [2.75, 3.05) is 25.2 Å². The maximum Gasteiger partial charge on any atom is 0.0863 e. The van der Waals surface area contributed by atoms with E-state index in [1.165, 1.54) is 12.8 Å². The van der Waals surface area contributed by atoms with Crippen LogP contribution < -0.4 is 0 Å². The molecule has 0 saturated carbocycles. The predicted molar refractivity (Wildman–Crippen MR) is 50.1 cm³/mol. The molecule has 11 heavy (non-hydrogen) atoms. The number of aliphatic hydroxyl groups is 1. The molecule has 0 aromatic carbocycles. The first-order valence-corrected chi connectivity index (χ1v) is 5.21. The fourth-order valence-electron chi connectivity index (χ4n) is 0.706. The van der Waals surface area contributed by atoms with E-state index in [1.807, 2.05) is 0 Å². The molecule has 0 aliphatic carbocycles. The smallest absolute Gasteiger partial charge is 0.0863 e. The number of methoxy groups -OCH3 is 1. The summed E-state index contributed by atoms with van der Waals surface area (Å²) in [5, 5.41) is 9.20. The Morgan fingerprint density at radius 2 is 2.27 bits per heavy atom. The zero-order valence-corrected chi connectivity index (χ0v) is 8.19. The molecule has 0 radical (unpaired) electrons. The summed E-state index contributed by atoms with van der Waals surface area (Å²) in [4.78, 5) is 0. The van der Waals surface area contributed by atoms with Gasteiger partial charge < -0.3 is 9.84 Å². The van der Waals surface area contributed by atoms with Gasteiger partial charge in [-0.3, -0.25) is 0 Å². The molecule has 0 heterocycles. The fourth-order valence-corrected chi connectivity index (χ4v) is 1.73. The number of aliphatic hydroxyl groups excluding tert-OH is 1. The van der Waals surface area contributed by atoms with Gasteiger partial charge in [-0.25, -0.2) is 0 Å². The first kappa shape index (κ1) is 11.3. The molecule has 0 aromatic rings. The number of ether oxygens (including phenoxy) is 1. The monoisotopic (exact) mass is 178 g/mol. The van der Waals surface area contributed by atoms with E-state index < -0.39 is 0 Å². The third-order valence-corrected chi connectivity index (χ3v) is 2.51. The number of thioether (sulfide) groups is 1. The topological polar surface area (TPSA) is 29.5 Å². The summed E-state index contributed by atoms with van der Waals surface area (Å²) in [5.74, 6) is 1.95. The van der Waals surface area contributed by atoms with E-state index in [4.69, 9.17) is 4.74 Å². The highest BCUT2D eigenvalue weighted by Gasteiger charge is 2.01. The maximum atomic E-state index is 9.20. The Morgan fingerprint density at radius 1 is 1.55 bits per heavy atom. The van der Waals surface area contributed by atoms with Gasteiger partial charge in [0, 0.05) is 12.9 Å². The Balaban J connectivity index is 2.97. The van der Waals surface area contributed by atoms with Crippen molar-refractivity contribution >= 4 is 11.8 Å². The van der Waals surface area contributed by atoms with E-state index >= 15 is 0 Å². The minimum Gasteiger partial charge on any atom is -0.390 e. The molecule has 1 unspecified atom stereocenters. The summed E-state index contributed by atoms with van der Waals surface area (Å²) in [7, 11) is 1.61. The molecule has 0 rings (SSSR count). The zero-order valence-electron chi connectivity index (χ0n) is 7.38. The molecule has 1 atom stereocenters. The molecule has 0 aliphatic rings. The Labute approximate surface area is 73.3 Å². The van der Waals surface area contributed by atoms with Crippen LogP contribution in [0.3, 0.4) is 0 Å². The average molecular weight is 178 g/mol. The SMILES string of the molecule is CCCCSCC(O)COC. The first-order valence-electron chi connectivity index (χ1n) is 4.06. The van der Waals surface area contributed by atoms with Crippen molar-refractivity contribution in [2.45, 2.75) is 25.9 Å². The molecule has 0 saturated heterocycles. The normalized spacial score (nSPS) is 13.4. The largest absolute Gasteiger partial charge is 0.390 e. The fraction of sp³-hybridized carbons (Fsp3) is 1.00. The van der Waals surface area contributed by atoms with E-state index in [0.29, 0.717) is 6.61 Å². The predicted octanol–water partition coefficient (Wildman–Crippen LogP) is 1.53. The number of rotatable bonds is 7. The summed E-state index contributed by atoms with van der Waals surface area (Å²) in [5.41, 5.74) is 0. The highest BCUT2D eigenvalue weighted by molar-refractivity contribution is 7.99. The van der Waals surface area contributed by atoms with Crippen LogP contribution in [0.5, 0.6) is 0 Å². The van der Waals surface area contributed by atoms with Crippen LogP contribution in [0.4, 0.5) is 0 Å². The first-order chi connectivity index (χ1) is 5.31. The third-order valence-electron chi connectivity index (χ3n) is 1.31. The maximum absolute atomic E-state index is 9.20. The Hall–Kier alpha value is 0.270. The van der Waals surface area contributed by atoms with Gasteiger partial charge in [-0.15, -0.1) is 0 Å². The van der Waals surface area contributed by atoms with Crippen LogP contribution in [0, 0.1) is 0 Å². The van der Waals surface area contributed by atoms with Crippen LogP contribution in [0.25, 0.3) is 0 Å². The lowest BCUT2D eigenvalue weighted by atomic mass is 10.4. The van der Waals surface area contributed by atoms with Crippen LogP contribution in [-0.4, -0.2) is 36.4 Å². The summed E-state index contributed by atoms with van der Waals surface area (Å²) >= 11 is 1.80. The van der Waals surface area contributed by atoms with Gasteiger partial charge in [0.25, 0.3) is 0 Å². The summed E-state index contributed by atoms with van der Waals surface area (Å²) in [6.45, 7) is 2.63. The molecule has 0 spiro atoms. The van der Waals surface area contributed by atoms with Crippen LogP contribution in [0.2, 0.25) is 0 Å². The van der Waals surface area contributed by atoms with Crippen molar-refractivity contribution in [1.82, 2.24) is 0 Å². The van der Waals surface area contributed by atoms with Gasteiger partial charge in [-0.05, 0) is 12.2 Å². The number of unbranched alkanes of at least 4 members (excludes halogenated alkanes) is 1. The van der Waals surface area contributed by atoms with Gasteiger partial charge in [0.1, 0.15) is 0 Å². The molecule has 0 aliphatic heterocycles. The second-order valence-corrected chi connectivity index (χ2v) is 3.69. The van der Waals surface area contributed by atoms with E-state index in [0.717, 1.165) is 11.5 Å². The molecular formula is C8H18O2S. The Kier molecular flexibility index (Phi) is 8.57. The zero-order chi connectivity index (χ0) is 8.53. The third kappa shape index (κ3) is 8.17. The van der Waals surface area contributed by atoms with Crippen molar-refractivity contribution in [3.8, 4) is 0 Å². The van der Waals surface area contributed by atoms with Crippen molar-refractivity contribution in [3.63, 3.8) is 0 Å². The van der Waals surface area contributed by atoms with Crippen molar-refractivity contribution in [1.29, 1.82) is 0 Å². The van der Waals surface area contributed by atoms with Crippen LogP contribution in [0.1, 0.15) is 19.8 Å². The number of hydrogen-bond acceptors (Lipinski definition) is 3. The van der Waals surface area contributed by atoms with Crippen LogP contribution in [-0.2, 0) is 4.74 Å². The second kappa shape index (κ2) is 8.37. The molecule has 3 heteroatoms. The standard InChI is InChI=1S/C8H18O2S/c1-3-4-5-11-7-8(9)6-10-2/h8-9H,3-7H2,1-2H3. The minimum atomic E-state index is -0.290. The molecule has 0 fully saturated rings. The molecule has 0 aromatic heterocycles. The minimum absolute atomic E-state index is 0.290. The molecule has 0 amide bonds. The van der Waals surface area contributed by atoms with E-state index in [2.05, 4.69) is 6.92 Å². The van der Waals surface area contributed by atoms with Crippen molar-refractivity contribution in [2.24, 2.45) is 0 Å². The van der Waals surface area contributed by atoms with Crippen LogP contribution in [0.15, 0.2) is 0 Å². The number of hydrogen-bond donors (Lipinski definition) is 1. The van der Waals surface area contributed by atoms with Gasteiger partial charge in [-0.1, -0.05) is 13.3 Å². The van der Waals surface area contributed by atoms with Gasteiger partial charge in [-0.2, -0.15) is 11.8 Å². The van der Waals surface area contributed by atoms with Gasteiger partial charge in [0.2, 0.25) is 0 Å². The Bertz CT molecular complexity index is 78.5. The summed E-state index contributed by atoms with van der Waals surface area (Å²) in [6, 6.07) is 0. The van der Waals surface area contributed by atoms with Gasteiger partial charge in [0.15, 0.2) is 0 Å². The van der Waals surface area contributed by atoms with Gasteiger partial charge >= 0.3 is 0 Å². The summed E-state index contributed by atoms with van der Waals surface area (Å²) < 4.78 is 4.80. The lowest BCUT2D eigenvalue weighted by Crippen LogP contribution is -2.16. The lowest BCUT2D eigenvalue weighted by molar-refractivity contribution is 0.0794. The van der Waals surface area contributed by atoms with Crippen LogP contribution >= 0.6 is 11.8 Å². The average Bonchev–Trinajstić information content (AvgIpc) is 1.99. The van der Waals surface area contributed by atoms with Gasteiger partial charge in [0.05, 0.1) is 12.7 Å². The van der Waals surface area contributed by atoms with E-state index in [1.54, 1.807) is 18.9 Å². The molecular weight excluding hydrogens is 160 g/mol. The molecule has 0 bridgehead atoms. The molecule has 2 nitrogen and oxygen atoms in total. The quantitative estimate of drug-likeness (QED) is 0.599. The second-order valence-electron chi connectivity index (χ2n) is 2.54.